The summed E-state index contributed by atoms with van der Waals surface area (Å²) in [5.41, 5.74) is 7.20. The molecule has 1 aliphatic heterocycles. The number of hydrogen-bond acceptors (Lipinski definition) is 9. The molecule has 0 saturated carbocycles. The topological polar surface area (TPSA) is 142 Å². The van der Waals surface area contributed by atoms with Crippen LogP contribution in [0.3, 0.4) is 0 Å². The van der Waals surface area contributed by atoms with Gasteiger partial charge < -0.3 is 15.2 Å². The standard InChI is InChI=1S/C23H17F2N9O2/c24-15-6-27-3-2-14(15)22-30-19(36-32-22)11-34-17-8-28-7-16(25)20(17)21(31-34)13-9-33(10-13)23(35)12-1-4-29-18(26)5-12/h1-8,13H,9-11H2,(H2,26,29). The highest BCUT2D eigenvalue weighted by molar-refractivity contribution is 5.95. The number of hydrogen-bond donors (Lipinski definition) is 1. The van der Waals surface area contributed by atoms with E-state index in [-0.39, 0.29) is 41.5 Å². The zero-order valence-corrected chi connectivity index (χ0v) is 18.5. The third-order valence-electron chi connectivity index (χ3n) is 5.99. The molecule has 5 aromatic rings. The lowest BCUT2D eigenvalue weighted by molar-refractivity contribution is 0.0599. The van der Waals surface area contributed by atoms with Crippen molar-refractivity contribution >= 4 is 22.6 Å². The van der Waals surface area contributed by atoms with Crippen LogP contribution in [-0.4, -0.2) is 58.8 Å². The summed E-state index contributed by atoms with van der Waals surface area (Å²) in [6, 6.07) is 4.55. The fourth-order valence-electron chi connectivity index (χ4n) is 4.21. The first-order valence-corrected chi connectivity index (χ1v) is 10.9. The molecule has 0 aromatic carbocycles. The molecule has 1 amide bonds. The van der Waals surface area contributed by atoms with Gasteiger partial charge in [0.05, 0.1) is 40.8 Å². The summed E-state index contributed by atoms with van der Waals surface area (Å²) in [5.74, 6) is -0.996. The van der Waals surface area contributed by atoms with Gasteiger partial charge in [-0.05, 0) is 18.2 Å². The van der Waals surface area contributed by atoms with Crippen molar-refractivity contribution in [2.75, 3.05) is 18.8 Å². The Bertz CT molecular complexity index is 1610. The van der Waals surface area contributed by atoms with Crippen molar-refractivity contribution in [1.82, 2.24) is 39.8 Å². The fourth-order valence-corrected chi connectivity index (χ4v) is 4.21. The number of rotatable bonds is 5. The van der Waals surface area contributed by atoms with Gasteiger partial charge >= 0.3 is 0 Å². The van der Waals surface area contributed by atoms with Gasteiger partial charge in [0, 0.05) is 37.0 Å². The minimum Gasteiger partial charge on any atom is -0.384 e. The van der Waals surface area contributed by atoms with Gasteiger partial charge in [-0.2, -0.15) is 10.1 Å². The van der Waals surface area contributed by atoms with Crippen LogP contribution in [0.2, 0.25) is 0 Å². The summed E-state index contributed by atoms with van der Waals surface area (Å²) >= 11 is 0. The predicted octanol–water partition coefficient (Wildman–Crippen LogP) is 2.42. The number of carbonyl (C=O) groups excluding carboxylic acids is 1. The number of nitrogen functional groups attached to an aromatic ring is 1. The average Bonchev–Trinajstić information content (AvgIpc) is 3.44. The Kier molecular flexibility index (Phi) is 5.09. The van der Waals surface area contributed by atoms with Crippen LogP contribution < -0.4 is 5.73 Å². The molecule has 11 nitrogen and oxygen atoms in total. The Morgan fingerprint density at radius 2 is 1.94 bits per heavy atom. The molecule has 1 fully saturated rings. The van der Waals surface area contributed by atoms with Gasteiger partial charge in [-0.15, -0.1) is 0 Å². The fraction of sp³-hybridized carbons (Fsp3) is 0.174. The first-order valence-electron chi connectivity index (χ1n) is 10.9. The number of nitrogens with zero attached hydrogens (tertiary/aromatic N) is 8. The third-order valence-corrected chi connectivity index (χ3v) is 5.99. The van der Waals surface area contributed by atoms with Gasteiger partial charge in [-0.3, -0.25) is 19.4 Å². The highest BCUT2D eigenvalue weighted by atomic mass is 19.1. The highest BCUT2D eigenvalue weighted by Gasteiger charge is 2.36. The lowest BCUT2D eigenvalue weighted by Gasteiger charge is -2.38. The van der Waals surface area contributed by atoms with E-state index in [1.54, 1.807) is 11.0 Å². The lowest BCUT2D eigenvalue weighted by atomic mass is 9.93. The van der Waals surface area contributed by atoms with Crippen molar-refractivity contribution in [2.45, 2.75) is 12.5 Å². The molecule has 1 aliphatic rings. The highest BCUT2D eigenvalue weighted by Crippen LogP contribution is 2.34. The summed E-state index contributed by atoms with van der Waals surface area (Å²) in [4.78, 5) is 30.2. The summed E-state index contributed by atoms with van der Waals surface area (Å²) < 4.78 is 35.7. The van der Waals surface area contributed by atoms with E-state index in [0.29, 0.717) is 35.2 Å². The van der Waals surface area contributed by atoms with Crippen LogP contribution in [-0.2, 0) is 6.54 Å². The number of aromatic nitrogens is 7. The van der Waals surface area contributed by atoms with Crippen LogP contribution in [0.1, 0.15) is 27.9 Å². The maximum absolute atomic E-state index is 14.8. The van der Waals surface area contributed by atoms with E-state index in [9.17, 15) is 13.6 Å². The number of carbonyl (C=O) groups is 1. The van der Waals surface area contributed by atoms with Crippen molar-refractivity contribution in [1.29, 1.82) is 0 Å². The van der Waals surface area contributed by atoms with Crippen LogP contribution >= 0.6 is 0 Å². The monoisotopic (exact) mass is 489 g/mol. The second-order valence-corrected chi connectivity index (χ2v) is 8.30. The maximum Gasteiger partial charge on any atom is 0.254 e. The molecule has 1 saturated heterocycles. The number of fused-ring (bicyclic) bond motifs is 1. The number of likely N-dealkylation sites (tertiary alicyclic amines) is 1. The first kappa shape index (κ1) is 21.7. The summed E-state index contributed by atoms with van der Waals surface area (Å²) in [6.07, 6.45) is 6.57. The largest absolute Gasteiger partial charge is 0.384 e. The zero-order chi connectivity index (χ0) is 24.8. The van der Waals surface area contributed by atoms with Crippen molar-refractivity contribution in [3.05, 3.63) is 78.0 Å². The molecule has 6 heterocycles. The Hall–Kier alpha value is -4.81. The number of nitrogens with two attached hydrogens (primary N) is 1. The number of amides is 1. The van der Waals surface area contributed by atoms with E-state index in [2.05, 4.69) is 30.2 Å². The van der Waals surface area contributed by atoms with E-state index >= 15 is 0 Å². The maximum atomic E-state index is 14.8. The quantitative estimate of drug-likeness (QED) is 0.394. The molecule has 36 heavy (non-hydrogen) atoms. The SMILES string of the molecule is Nc1cc(C(=O)N2CC(c3nn(Cc4nc(-c5ccncc5F)no4)c4cncc(F)c34)C2)ccn1. The van der Waals surface area contributed by atoms with E-state index in [0.717, 1.165) is 12.4 Å². The minimum atomic E-state index is -0.582. The van der Waals surface area contributed by atoms with Crippen molar-refractivity contribution in [3.8, 4) is 11.4 Å². The third kappa shape index (κ3) is 3.70. The molecule has 0 aliphatic carbocycles. The summed E-state index contributed by atoms with van der Waals surface area (Å²) in [6.45, 7) is 0.745. The van der Waals surface area contributed by atoms with E-state index in [4.69, 9.17) is 10.3 Å². The molecular weight excluding hydrogens is 472 g/mol. The van der Waals surface area contributed by atoms with E-state index in [1.807, 2.05) is 0 Å². The van der Waals surface area contributed by atoms with Gasteiger partial charge in [-0.25, -0.2) is 13.8 Å². The van der Waals surface area contributed by atoms with Gasteiger partial charge in [0.1, 0.15) is 12.4 Å². The molecule has 13 heteroatoms. The second-order valence-electron chi connectivity index (χ2n) is 8.30. The molecule has 2 N–H and O–H groups in total. The number of anilines is 1. The van der Waals surface area contributed by atoms with Crippen molar-refractivity contribution in [3.63, 3.8) is 0 Å². The lowest BCUT2D eigenvalue weighted by Crippen LogP contribution is -2.48. The normalized spacial score (nSPS) is 13.8. The average molecular weight is 489 g/mol. The van der Waals surface area contributed by atoms with Gasteiger partial charge in [0.15, 0.2) is 11.6 Å². The molecule has 0 atom stereocenters. The van der Waals surface area contributed by atoms with Crippen LogP contribution in [0, 0.1) is 11.6 Å². The molecule has 0 spiro atoms. The number of halogens is 2. The minimum absolute atomic E-state index is 0.0208. The van der Waals surface area contributed by atoms with E-state index < -0.39 is 11.6 Å². The van der Waals surface area contributed by atoms with Crippen LogP contribution in [0.15, 0.2) is 53.7 Å². The van der Waals surface area contributed by atoms with Gasteiger partial charge in [-0.1, -0.05) is 5.16 Å². The molecule has 180 valence electrons. The predicted molar refractivity (Wildman–Crippen MR) is 121 cm³/mol. The van der Waals surface area contributed by atoms with Crippen LogP contribution in [0.25, 0.3) is 22.3 Å². The number of pyridine rings is 3. The molecule has 5 aromatic heterocycles. The summed E-state index contributed by atoms with van der Waals surface area (Å²) in [7, 11) is 0. The van der Waals surface area contributed by atoms with Crippen LogP contribution in [0.5, 0.6) is 0 Å². The first-order chi connectivity index (χ1) is 17.5. The van der Waals surface area contributed by atoms with Crippen molar-refractivity contribution in [2.24, 2.45) is 0 Å². The molecule has 0 bridgehead atoms. The summed E-state index contributed by atoms with van der Waals surface area (Å²) in [5, 5.41) is 8.75. The Morgan fingerprint density at radius 3 is 2.75 bits per heavy atom. The van der Waals surface area contributed by atoms with Crippen LogP contribution in [0.4, 0.5) is 14.6 Å². The molecule has 6 rings (SSSR count). The van der Waals surface area contributed by atoms with Gasteiger partial charge in [0.2, 0.25) is 11.7 Å². The molecule has 0 unspecified atom stereocenters. The van der Waals surface area contributed by atoms with E-state index in [1.165, 1.54) is 35.4 Å². The smallest absolute Gasteiger partial charge is 0.254 e. The Morgan fingerprint density at radius 1 is 1.11 bits per heavy atom. The molecule has 0 radical (unpaired) electrons. The second kappa shape index (κ2) is 8.45. The van der Waals surface area contributed by atoms with Crippen molar-refractivity contribution < 1.29 is 18.1 Å². The zero-order valence-electron chi connectivity index (χ0n) is 18.5. The molecular formula is C23H17F2N9O2. The Labute approximate surface area is 201 Å². The Balaban J connectivity index is 1.26. The van der Waals surface area contributed by atoms with Gasteiger partial charge in [0.25, 0.3) is 5.91 Å².